The highest BCUT2D eigenvalue weighted by Gasteiger charge is 2.55. The van der Waals surface area contributed by atoms with E-state index in [1.807, 2.05) is 0 Å². The van der Waals surface area contributed by atoms with E-state index in [0.29, 0.717) is 25.9 Å². The van der Waals surface area contributed by atoms with E-state index in [1.165, 1.54) is 0 Å². The summed E-state index contributed by atoms with van der Waals surface area (Å²) in [7, 11) is -5.22. The molecule has 2 amide bonds. The van der Waals surface area contributed by atoms with Gasteiger partial charge in [0, 0.05) is 13.1 Å². The topological polar surface area (TPSA) is 256 Å². The quantitative estimate of drug-likeness (QED) is 0.0896. The molecule has 1 saturated carbocycles. The Labute approximate surface area is 197 Å². The normalized spacial score (nSPS) is 27.1. The Balaban J connectivity index is 2.88. The highest BCUT2D eigenvalue weighted by atomic mass is 31.2. The number of nitrogens with one attached hydrogen (secondary N) is 2. The summed E-state index contributed by atoms with van der Waals surface area (Å²) in [6.07, 6.45) is -9.68. The summed E-state index contributed by atoms with van der Waals surface area (Å²) in [4.78, 5) is 42.5. The molecule has 1 aliphatic carbocycles. The second kappa shape index (κ2) is 15.4. The largest absolute Gasteiger partial charge is 0.470 e. The molecule has 0 heterocycles. The van der Waals surface area contributed by atoms with Crippen molar-refractivity contribution in [2.75, 3.05) is 26.2 Å². The monoisotopic (exact) mass is 516 g/mol. The zero-order chi connectivity index (χ0) is 25.7. The van der Waals surface area contributed by atoms with Crippen LogP contribution in [0.2, 0.25) is 0 Å². The molecule has 16 heteroatoms. The Morgan fingerprint density at radius 2 is 1.12 bits per heavy atom. The molecule has 0 spiro atoms. The number of hydrogen-bond donors (Lipinski definition) is 9. The molecule has 34 heavy (non-hydrogen) atoms. The van der Waals surface area contributed by atoms with Crippen LogP contribution in [0, 0.1) is 0 Å². The summed E-state index contributed by atoms with van der Waals surface area (Å²) in [5.74, 6) is 0. The maximum absolute atomic E-state index is 12.2. The minimum Gasteiger partial charge on any atom is -0.439 e. The van der Waals surface area contributed by atoms with Gasteiger partial charge in [-0.2, -0.15) is 0 Å². The Kier molecular flexibility index (Phi) is 13.8. The smallest absolute Gasteiger partial charge is 0.439 e. The van der Waals surface area contributed by atoms with E-state index in [4.69, 9.17) is 30.7 Å². The fraction of sp³-hybridized carbons (Fsp3) is 0.889. The fourth-order valence-corrected chi connectivity index (χ4v) is 3.89. The minimum atomic E-state index is -5.22. The van der Waals surface area contributed by atoms with Gasteiger partial charge in [-0.1, -0.05) is 12.8 Å². The molecule has 6 atom stereocenters. The van der Waals surface area contributed by atoms with Crippen LogP contribution in [0.15, 0.2) is 0 Å². The van der Waals surface area contributed by atoms with E-state index in [-0.39, 0.29) is 13.1 Å². The van der Waals surface area contributed by atoms with Crippen LogP contribution < -0.4 is 22.1 Å². The molecule has 15 nitrogen and oxygen atoms in total. The first kappa shape index (κ1) is 30.5. The van der Waals surface area contributed by atoms with Crippen molar-refractivity contribution in [2.24, 2.45) is 11.5 Å². The molecule has 0 aromatic carbocycles. The molecule has 0 unspecified atom stereocenters. The predicted molar refractivity (Wildman–Crippen MR) is 117 cm³/mol. The SMILES string of the molecule is NCCCCCNC(=O)O[C@H]1[C@H](O)[C@H](O)[C@H](OP(=O)(O)O)[C@@H](O)[C@@H]1OC(=O)NCCCCCN. The van der Waals surface area contributed by atoms with Crippen LogP contribution in [0.5, 0.6) is 0 Å². The lowest BCUT2D eigenvalue weighted by molar-refractivity contribution is -0.218. The summed E-state index contributed by atoms with van der Waals surface area (Å²) in [6.45, 7) is 1.41. The van der Waals surface area contributed by atoms with E-state index in [1.54, 1.807) is 0 Å². The summed E-state index contributed by atoms with van der Waals surface area (Å²) >= 11 is 0. The van der Waals surface area contributed by atoms with Gasteiger partial charge in [0.1, 0.15) is 24.4 Å². The third kappa shape index (κ3) is 10.8. The number of carbonyl (C=O) groups is 2. The van der Waals surface area contributed by atoms with Gasteiger partial charge in [-0.05, 0) is 38.8 Å². The molecule has 1 aliphatic rings. The van der Waals surface area contributed by atoms with Gasteiger partial charge < -0.3 is 56.7 Å². The number of hydrogen-bond acceptors (Lipinski definition) is 11. The van der Waals surface area contributed by atoms with Crippen molar-refractivity contribution in [1.82, 2.24) is 10.6 Å². The number of amides is 2. The minimum absolute atomic E-state index is 0.198. The Morgan fingerprint density at radius 3 is 1.53 bits per heavy atom. The second-order valence-corrected chi connectivity index (χ2v) is 9.02. The number of ether oxygens (including phenoxy) is 2. The molecule has 0 aliphatic heterocycles. The maximum atomic E-state index is 12.2. The maximum Gasteiger partial charge on any atom is 0.470 e. The van der Waals surface area contributed by atoms with E-state index in [0.717, 1.165) is 25.7 Å². The standard InChI is InChI=1S/C18H37N4O11P/c19-7-3-1-5-9-21-17(26)31-15-12(24)11(23)14(33-34(28,29)30)13(25)16(15)32-18(27)22-10-6-2-4-8-20/h11-16,23-25H,1-10,19-20H2,(H,21,26)(H,22,27)(H2,28,29,30)/t11-,12+,13+,14-,15-,16-/m0/s1. The molecule has 1 fully saturated rings. The summed E-state index contributed by atoms with van der Waals surface area (Å²) in [5, 5.41) is 36.0. The number of phosphoric acid groups is 1. The average Bonchev–Trinajstić information content (AvgIpc) is 2.76. The van der Waals surface area contributed by atoms with Gasteiger partial charge in [0.15, 0.2) is 12.2 Å². The number of aliphatic hydroxyl groups excluding tert-OH is 3. The van der Waals surface area contributed by atoms with Gasteiger partial charge >= 0.3 is 20.0 Å². The first-order chi connectivity index (χ1) is 16.0. The molecule has 0 aromatic rings. The van der Waals surface area contributed by atoms with Crippen molar-refractivity contribution in [3.8, 4) is 0 Å². The van der Waals surface area contributed by atoms with Crippen molar-refractivity contribution >= 4 is 20.0 Å². The van der Waals surface area contributed by atoms with E-state index in [9.17, 15) is 29.5 Å². The molecule has 0 saturated heterocycles. The second-order valence-electron chi connectivity index (χ2n) is 7.82. The number of alkyl carbamates (subject to hydrolysis) is 2. The van der Waals surface area contributed by atoms with Crippen LogP contribution in [-0.4, -0.2) is 100 Å². The first-order valence-electron chi connectivity index (χ1n) is 11.1. The number of rotatable bonds is 14. The number of carbonyl (C=O) groups excluding carboxylic acids is 2. The van der Waals surface area contributed by atoms with Gasteiger partial charge in [-0.3, -0.25) is 4.52 Å². The lowest BCUT2D eigenvalue weighted by Crippen LogP contribution is -2.66. The van der Waals surface area contributed by atoms with Crippen LogP contribution in [0.1, 0.15) is 38.5 Å². The van der Waals surface area contributed by atoms with Crippen molar-refractivity contribution in [3.05, 3.63) is 0 Å². The van der Waals surface area contributed by atoms with E-state index in [2.05, 4.69) is 15.2 Å². The lowest BCUT2D eigenvalue weighted by atomic mass is 9.84. The van der Waals surface area contributed by atoms with Crippen LogP contribution in [0.3, 0.4) is 0 Å². The van der Waals surface area contributed by atoms with Gasteiger partial charge in [-0.25, -0.2) is 14.2 Å². The van der Waals surface area contributed by atoms with Crippen LogP contribution in [0.25, 0.3) is 0 Å². The fourth-order valence-electron chi connectivity index (χ4n) is 3.33. The average molecular weight is 516 g/mol. The molecule has 11 N–H and O–H groups in total. The molecule has 0 bridgehead atoms. The van der Waals surface area contributed by atoms with Crippen molar-refractivity contribution in [2.45, 2.75) is 75.1 Å². The molecule has 0 aromatic heterocycles. The zero-order valence-electron chi connectivity index (χ0n) is 18.8. The molecule has 1 rings (SSSR count). The molecule has 200 valence electrons. The van der Waals surface area contributed by atoms with Crippen LogP contribution in [-0.2, 0) is 18.6 Å². The lowest BCUT2D eigenvalue weighted by Gasteiger charge is -2.43. The number of phosphoric ester groups is 1. The van der Waals surface area contributed by atoms with Crippen molar-refractivity contribution in [3.63, 3.8) is 0 Å². The Morgan fingerprint density at radius 1 is 0.706 bits per heavy atom. The van der Waals surface area contributed by atoms with Crippen molar-refractivity contribution < 1.29 is 53.3 Å². The third-order valence-electron chi connectivity index (χ3n) is 5.07. The van der Waals surface area contributed by atoms with Crippen molar-refractivity contribution in [1.29, 1.82) is 0 Å². The van der Waals surface area contributed by atoms with Crippen LogP contribution >= 0.6 is 7.82 Å². The van der Waals surface area contributed by atoms with E-state index < -0.39 is 56.6 Å². The van der Waals surface area contributed by atoms with Gasteiger partial charge in [-0.15, -0.1) is 0 Å². The highest BCUT2D eigenvalue weighted by molar-refractivity contribution is 7.46. The molecular formula is C18H37N4O11P. The van der Waals surface area contributed by atoms with Gasteiger partial charge in [0.25, 0.3) is 0 Å². The van der Waals surface area contributed by atoms with Crippen LogP contribution in [0.4, 0.5) is 9.59 Å². The van der Waals surface area contributed by atoms with Gasteiger partial charge in [0.05, 0.1) is 0 Å². The number of aliphatic hydroxyl groups is 3. The predicted octanol–water partition coefficient (Wildman–Crippen LogP) is -1.99. The Bertz CT molecular complexity index is 668. The van der Waals surface area contributed by atoms with Gasteiger partial charge in [0.2, 0.25) is 0 Å². The van der Waals surface area contributed by atoms with E-state index >= 15 is 0 Å². The highest BCUT2D eigenvalue weighted by Crippen LogP contribution is 2.42. The third-order valence-corrected chi connectivity index (χ3v) is 5.58. The Hall–Kier alpha value is -1.55. The number of unbranched alkanes of at least 4 members (excludes halogenated alkanes) is 4. The molecular weight excluding hydrogens is 479 g/mol. The number of nitrogens with two attached hydrogens (primary N) is 2. The summed E-state index contributed by atoms with van der Waals surface area (Å²) < 4.78 is 25.8. The summed E-state index contributed by atoms with van der Waals surface area (Å²) in [5.41, 5.74) is 10.8. The zero-order valence-corrected chi connectivity index (χ0v) is 19.7. The summed E-state index contributed by atoms with van der Waals surface area (Å²) in [6, 6.07) is 0. The first-order valence-corrected chi connectivity index (χ1v) is 12.6. The molecule has 0 radical (unpaired) electrons.